The molecule has 10 N–H and O–H groups in total. The fraction of sp³-hybridized carbons (Fsp3) is 0.588. The molecule has 17 heteroatoms. The minimum absolute atomic E-state index is 0.00300. The first-order chi connectivity index (χ1) is 32.4. The van der Waals surface area contributed by atoms with E-state index >= 15 is 0 Å². The summed E-state index contributed by atoms with van der Waals surface area (Å²) in [5.41, 5.74) is 6.99. The Labute approximate surface area is 401 Å². The summed E-state index contributed by atoms with van der Waals surface area (Å²) in [7, 11) is 0. The number of nitrogens with two attached hydrogens (primary N) is 1. The molecule has 1 unspecified atom stereocenters. The van der Waals surface area contributed by atoms with Gasteiger partial charge < -0.3 is 52.3 Å². The number of nitrogens with one attached hydrogen (secondary N) is 6. The number of hydrogen-bond acceptors (Lipinski definition) is 10. The van der Waals surface area contributed by atoms with Crippen molar-refractivity contribution in [1.29, 1.82) is 0 Å². The largest absolute Gasteiger partial charge is 0.480 e. The summed E-state index contributed by atoms with van der Waals surface area (Å²) < 4.78 is 5.49. The lowest BCUT2D eigenvalue weighted by Gasteiger charge is -2.33. The van der Waals surface area contributed by atoms with E-state index < -0.39 is 83.5 Å². The van der Waals surface area contributed by atoms with Crippen molar-refractivity contribution in [1.82, 2.24) is 36.6 Å². The molecule has 0 saturated heterocycles. The third-order valence-corrected chi connectivity index (χ3v) is 12.1. The summed E-state index contributed by atoms with van der Waals surface area (Å²) in [6, 6.07) is 12.6. The van der Waals surface area contributed by atoms with E-state index in [9.17, 15) is 39.0 Å². The zero-order valence-electron chi connectivity index (χ0n) is 40.5. The predicted molar refractivity (Wildman–Crippen MR) is 259 cm³/mol. The predicted octanol–water partition coefficient (Wildman–Crippen LogP) is 4.87. The smallest absolute Gasteiger partial charge is 0.408 e. The van der Waals surface area contributed by atoms with Gasteiger partial charge in [0.25, 0.3) is 0 Å². The second kappa shape index (κ2) is 27.9. The van der Waals surface area contributed by atoms with Crippen molar-refractivity contribution in [2.24, 2.45) is 23.5 Å². The number of ether oxygens (including phenoxy) is 1. The zero-order chi connectivity index (χ0) is 49.6. The van der Waals surface area contributed by atoms with Crippen LogP contribution in [0.15, 0.2) is 73.2 Å². The number of aromatic nitrogens is 2. The normalized spacial score (nSPS) is 16.2. The maximum atomic E-state index is 14.6. The molecule has 0 radical (unpaired) electrons. The van der Waals surface area contributed by atoms with Gasteiger partial charge in [-0.05, 0) is 88.8 Å². The highest BCUT2D eigenvalue weighted by Crippen LogP contribution is 2.30. The lowest BCUT2D eigenvalue weighted by molar-refractivity contribution is -0.142. The molecule has 0 aliphatic heterocycles. The molecular formula is C51H76N8O9. The number of hydrogen-bond donors (Lipinski definition) is 9. The van der Waals surface area contributed by atoms with Crippen LogP contribution < -0.4 is 32.3 Å². The number of aromatic amines is 1. The molecule has 4 rings (SSSR count). The number of carboxylic acid groups (broad SMARTS) is 1. The molecule has 2 aromatic carbocycles. The first-order valence-electron chi connectivity index (χ1n) is 24.3. The molecule has 1 saturated carbocycles. The van der Waals surface area contributed by atoms with Gasteiger partial charge in [0.15, 0.2) is 0 Å². The topological polar surface area (TPSA) is 267 Å². The van der Waals surface area contributed by atoms with Crippen molar-refractivity contribution >= 4 is 35.7 Å². The first-order valence-corrected chi connectivity index (χ1v) is 24.3. The van der Waals surface area contributed by atoms with Crippen LogP contribution in [0.5, 0.6) is 0 Å². The quantitative estimate of drug-likeness (QED) is 0.0466. The van der Waals surface area contributed by atoms with E-state index in [1.54, 1.807) is 51.2 Å². The Kier molecular flexibility index (Phi) is 22.5. The molecule has 1 aromatic heterocycles. The lowest BCUT2D eigenvalue weighted by Crippen LogP contribution is -2.58. The summed E-state index contributed by atoms with van der Waals surface area (Å²) in [6.45, 7) is 9.41. The number of aliphatic hydroxyl groups excluding tert-OH is 1. The maximum Gasteiger partial charge on any atom is 0.408 e. The van der Waals surface area contributed by atoms with Crippen molar-refractivity contribution in [3.8, 4) is 0 Å². The summed E-state index contributed by atoms with van der Waals surface area (Å²) in [4.78, 5) is 89.4. The highest BCUT2D eigenvalue weighted by atomic mass is 16.6. The molecule has 68 heavy (non-hydrogen) atoms. The summed E-state index contributed by atoms with van der Waals surface area (Å²) >= 11 is 0. The number of imidazole rings is 1. The van der Waals surface area contributed by atoms with Crippen molar-refractivity contribution in [3.05, 3.63) is 90.0 Å². The highest BCUT2D eigenvalue weighted by Gasteiger charge is 2.36. The standard InChI is InChI=1S/C51H76N8O9/c1-33(2)25-37(45(61)55-39(23-15-16-24-52)46(62)58-43(49(65)66)28-36-21-13-8-14-22-36)29-44(60)40(26-34-17-9-6-10-18-34)56-48(64)42(30-38-31-53-32-54-38)57-47(63)41(27-35-19-11-7-12-20-35)59-50(67)68-51(3,4)5/h7-8,11-14,19-22,31-34,37,39-44,60H,6,9-10,15-18,23-30,52H2,1-5H3,(H,53,54)(H,55,61)(H,56,64)(H,57,63)(H,58,62)(H,59,67)(H,65,66)/t37?,39-,40-,41-,42-,43-,44-/m0/s1. The van der Waals surface area contributed by atoms with Crippen LogP contribution in [0.2, 0.25) is 0 Å². The minimum atomic E-state index is -1.24. The monoisotopic (exact) mass is 945 g/mol. The third-order valence-electron chi connectivity index (χ3n) is 12.1. The van der Waals surface area contributed by atoms with Gasteiger partial charge in [0.1, 0.15) is 29.8 Å². The van der Waals surface area contributed by atoms with E-state index in [2.05, 4.69) is 36.6 Å². The van der Waals surface area contributed by atoms with E-state index in [4.69, 9.17) is 10.5 Å². The molecule has 17 nitrogen and oxygen atoms in total. The van der Waals surface area contributed by atoms with Gasteiger partial charge >= 0.3 is 12.1 Å². The molecule has 1 aliphatic carbocycles. The number of alkyl carbamates (subject to hydrolysis) is 1. The second-order valence-corrected chi connectivity index (χ2v) is 19.6. The Morgan fingerprint density at radius 2 is 1.29 bits per heavy atom. The van der Waals surface area contributed by atoms with Gasteiger partial charge in [-0.1, -0.05) is 107 Å². The molecule has 0 spiro atoms. The Hall–Kier alpha value is -5.81. The maximum absolute atomic E-state index is 14.6. The SMILES string of the molecule is CC(C)CC(C[C@H](O)[C@H](CC1CCCCC1)NC(=O)[C@H](Cc1cnc[nH]1)NC(=O)[C@H](Cc1ccccc1)NC(=O)OC(C)(C)C)C(=O)N[C@@H](CCCCN)C(=O)N[C@@H](Cc1ccccc1)C(=O)O. The number of nitrogens with zero attached hydrogens (tertiary/aromatic N) is 1. The van der Waals surface area contributed by atoms with Gasteiger partial charge in [0.2, 0.25) is 23.6 Å². The Balaban J connectivity index is 1.58. The lowest BCUT2D eigenvalue weighted by atomic mass is 9.81. The fourth-order valence-corrected chi connectivity index (χ4v) is 8.69. The van der Waals surface area contributed by atoms with Crippen LogP contribution >= 0.6 is 0 Å². The zero-order valence-corrected chi connectivity index (χ0v) is 40.5. The number of aliphatic carboxylic acids is 1. The first kappa shape index (κ1) is 54.8. The number of carbonyl (C=O) groups is 6. The van der Waals surface area contributed by atoms with Crippen molar-refractivity contribution in [2.45, 2.75) is 166 Å². The van der Waals surface area contributed by atoms with Crippen LogP contribution in [0.25, 0.3) is 0 Å². The van der Waals surface area contributed by atoms with Gasteiger partial charge in [-0.3, -0.25) is 19.2 Å². The summed E-state index contributed by atoms with van der Waals surface area (Å²) in [5.74, 6) is -4.13. The third kappa shape index (κ3) is 19.8. The van der Waals surface area contributed by atoms with Crippen LogP contribution in [0.4, 0.5) is 4.79 Å². The average Bonchev–Trinajstić information content (AvgIpc) is 3.81. The summed E-state index contributed by atoms with van der Waals surface area (Å²) in [5, 5.41) is 36.4. The number of unbranched alkanes of at least 4 members (excludes halogenated alkanes) is 1. The average molecular weight is 945 g/mol. The van der Waals surface area contributed by atoms with Gasteiger partial charge in [-0.15, -0.1) is 0 Å². The van der Waals surface area contributed by atoms with Crippen molar-refractivity contribution in [2.75, 3.05) is 6.54 Å². The number of benzene rings is 2. The van der Waals surface area contributed by atoms with Crippen LogP contribution in [0.1, 0.15) is 122 Å². The molecule has 1 fully saturated rings. The Bertz CT molecular complexity index is 2010. The fourth-order valence-electron chi connectivity index (χ4n) is 8.69. The number of aliphatic hydroxyl groups is 1. The number of carbonyl (C=O) groups excluding carboxylic acids is 5. The number of amides is 5. The Morgan fingerprint density at radius 1 is 0.735 bits per heavy atom. The van der Waals surface area contributed by atoms with Crippen LogP contribution in [0, 0.1) is 17.8 Å². The van der Waals surface area contributed by atoms with E-state index in [0.29, 0.717) is 37.9 Å². The molecule has 1 aliphatic rings. The van der Waals surface area contributed by atoms with Crippen LogP contribution in [-0.4, -0.2) is 104 Å². The van der Waals surface area contributed by atoms with Gasteiger partial charge in [0.05, 0.1) is 18.5 Å². The van der Waals surface area contributed by atoms with Crippen molar-refractivity contribution < 1.29 is 43.7 Å². The second-order valence-electron chi connectivity index (χ2n) is 19.6. The summed E-state index contributed by atoms with van der Waals surface area (Å²) in [6.07, 6.45) is 8.08. The molecule has 5 amide bonds. The number of H-pyrrole nitrogens is 1. The number of carboxylic acids is 1. The number of rotatable bonds is 27. The van der Waals surface area contributed by atoms with E-state index in [1.807, 2.05) is 50.2 Å². The van der Waals surface area contributed by atoms with Crippen LogP contribution in [0.3, 0.4) is 0 Å². The molecule has 0 bridgehead atoms. The molecular weight excluding hydrogens is 869 g/mol. The van der Waals surface area contributed by atoms with Crippen LogP contribution in [-0.2, 0) is 48.0 Å². The molecule has 7 atom stereocenters. The highest BCUT2D eigenvalue weighted by molar-refractivity contribution is 5.92. The molecule has 374 valence electrons. The van der Waals surface area contributed by atoms with Gasteiger partial charge in [0, 0.05) is 37.1 Å². The molecule has 3 aromatic rings. The Morgan fingerprint density at radius 3 is 1.85 bits per heavy atom. The van der Waals surface area contributed by atoms with Gasteiger partial charge in [-0.2, -0.15) is 0 Å². The minimum Gasteiger partial charge on any atom is -0.480 e. The van der Waals surface area contributed by atoms with E-state index in [0.717, 1.165) is 43.2 Å². The van der Waals surface area contributed by atoms with Gasteiger partial charge in [-0.25, -0.2) is 14.6 Å². The van der Waals surface area contributed by atoms with E-state index in [1.165, 1.54) is 6.33 Å². The molecule has 1 heterocycles. The van der Waals surface area contributed by atoms with Crippen molar-refractivity contribution in [3.63, 3.8) is 0 Å². The van der Waals surface area contributed by atoms with E-state index in [-0.39, 0.29) is 43.9 Å².